The minimum Gasteiger partial charge on any atom is -0.368 e. The average molecular weight is 405 g/mol. The molecule has 5 rings (SSSR count). The van der Waals surface area contributed by atoms with Crippen LogP contribution < -0.4 is 0 Å². The number of nitrogens with zero attached hydrogens (tertiary/aromatic N) is 1. The van der Waals surface area contributed by atoms with Crippen LogP contribution in [0.5, 0.6) is 0 Å². The summed E-state index contributed by atoms with van der Waals surface area (Å²) < 4.78 is 6.36. The predicted octanol–water partition coefficient (Wildman–Crippen LogP) is 4.02. The topological polar surface area (TPSA) is 78.2 Å². The minimum atomic E-state index is -0.351. The molecule has 6 heteroatoms. The van der Waals surface area contributed by atoms with Gasteiger partial charge in [0.15, 0.2) is 5.78 Å². The number of benzene rings is 1. The second kappa shape index (κ2) is 6.84. The first kappa shape index (κ1) is 19.1. The van der Waals surface area contributed by atoms with Gasteiger partial charge in [-0.25, -0.2) is 0 Å². The number of Topliss-reactive ketones (excluding diaryl/α,β-unsaturated/α-hetero) is 1. The van der Waals surface area contributed by atoms with Crippen LogP contribution in [0, 0.1) is 13.8 Å². The number of H-pyrrole nitrogens is 2. The van der Waals surface area contributed by atoms with Crippen LogP contribution in [0.15, 0.2) is 24.3 Å². The summed E-state index contributed by atoms with van der Waals surface area (Å²) in [6, 6.07) is 8.42. The molecule has 1 spiro atoms. The molecule has 1 saturated heterocycles. The fourth-order valence-corrected chi connectivity index (χ4v) is 5.32. The Labute approximate surface area is 175 Å². The third-order valence-corrected chi connectivity index (χ3v) is 6.86. The van der Waals surface area contributed by atoms with Gasteiger partial charge in [0.25, 0.3) is 5.91 Å². The van der Waals surface area contributed by atoms with Crippen LogP contribution in [0.2, 0.25) is 0 Å². The van der Waals surface area contributed by atoms with Crippen LogP contribution in [-0.2, 0) is 16.8 Å². The molecule has 156 valence electrons. The standard InChI is InChI=1S/C24H27N3O3/c1-14-20(15(2)25-21(14)16(3)28)23(29)27-11-9-24(10-12-27)22-18(8-13-30-24)17-6-4-5-7-19(17)26-22/h4-7,25-26H,8-13H2,1-3H3. The molecule has 4 heterocycles. The van der Waals surface area contributed by atoms with Crippen molar-refractivity contribution in [3.63, 3.8) is 0 Å². The molecule has 6 nitrogen and oxygen atoms in total. The fraction of sp³-hybridized carbons (Fsp3) is 0.417. The van der Waals surface area contributed by atoms with Gasteiger partial charge in [-0.2, -0.15) is 0 Å². The van der Waals surface area contributed by atoms with Crippen molar-refractivity contribution in [1.82, 2.24) is 14.9 Å². The molecule has 2 aliphatic rings. The zero-order valence-corrected chi connectivity index (χ0v) is 17.7. The Bertz CT molecular complexity index is 1160. The van der Waals surface area contributed by atoms with Crippen LogP contribution >= 0.6 is 0 Å². The van der Waals surface area contributed by atoms with Gasteiger partial charge in [0.05, 0.1) is 23.6 Å². The lowest BCUT2D eigenvalue weighted by Gasteiger charge is -2.43. The molecule has 0 bridgehead atoms. The summed E-state index contributed by atoms with van der Waals surface area (Å²) in [5.74, 6) is -0.0505. The number of aromatic nitrogens is 2. The molecule has 30 heavy (non-hydrogen) atoms. The SMILES string of the molecule is CC(=O)c1[nH]c(C)c(C(=O)N2CCC3(CC2)OCCc2c3[nH]c3ccccc23)c1C. The molecule has 3 aromatic rings. The lowest BCUT2D eigenvalue weighted by molar-refractivity contribution is -0.0957. The number of nitrogens with one attached hydrogen (secondary N) is 2. The van der Waals surface area contributed by atoms with Crippen molar-refractivity contribution in [2.45, 2.75) is 45.6 Å². The second-order valence-electron chi connectivity index (χ2n) is 8.59. The van der Waals surface area contributed by atoms with E-state index in [9.17, 15) is 9.59 Å². The number of ether oxygens (including phenoxy) is 1. The van der Waals surface area contributed by atoms with Gasteiger partial charge in [0, 0.05) is 36.6 Å². The van der Waals surface area contributed by atoms with Crippen LogP contribution in [0.3, 0.4) is 0 Å². The molecule has 0 atom stereocenters. The second-order valence-corrected chi connectivity index (χ2v) is 8.59. The third-order valence-electron chi connectivity index (χ3n) is 6.86. The Morgan fingerprint density at radius 1 is 1.10 bits per heavy atom. The number of carbonyl (C=O) groups is 2. The summed E-state index contributed by atoms with van der Waals surface area (Å²) in [6.45, 7) is 7.20. The normalized spacial score (nSPS) is 18.0. The molecule has 2 aromatic heterocycles. The number of hydrogen-bond acceptors (Lipinski definition) is 3. The van der Waals surface area contributed by atoms with Crippen molar-refractivity contribution in [2.24, 2.45) is 0 Å². The summed E-state index contributed by atoms with van der Waals surface area (Å²) in [5, 5.41) is 1.28. The molecule has 1 fully saturated rings. The molecule has 2 N–H and O–H groups in total. The van der Waals surface area contributed by atoms with Gasteiger partial charge in [-0.3, -0.25) is 9.59 Å². The highest BCUT2D eigenvalue weighted by atomic mass is 16.5. The van der Waals surface area contributed by atoms with E-state index in [1.54, 1.807) is 0 Å². The number of carbonyl (C=O) groups excluding carboxylic acids is 2. The number of rotatable bonds is 2. The van der Waals surface area contributed by atoms with E-state index >= 15 is 0 Å². The maximum absolute atomic E-state index is 13.3. The quantitative estimate of drug-likeness (QED) is 0.632. The van der Waals surface area contributed by atoms with E-state index < -0.39 is 0 Å². The predicted molar refractivity (Wildman–Crippen MR) is 115 cm³/mol. The van der Waals surface area contributed by atoms with Crippen LogP contribution in [0.4, 0.5) is 0 Å². The minimum absolute atomic E-state index is 0.00344. The van der Waals surface area contributed by atoms with Crippen LogP contribution in [0.25, 0.3) is 10.9 Å². The monoisotopic (exact) mass is 405 g/mol. The highest BCUT2D eigenvalue weighted by Gasteiger charge is 2.44. The summed E-state index contributed by atoms with van der Waals surface area (Å²) >= 11 is 0. The largest absolute Gasteiger partial charge is 0.368 e. The highest BCUT2D eigenvalue weighted by molar-refractivity contribution is 6.02. The Kier molecular flexibility index (Phi) is 4.36. The number of hydrogen-bond donors (Lipinski definition) is 2. The summed E-state index contributed by atoms with van der Waals surface area (Å²) in [7, 11) is 0. The molecule has 0 saturated carbocycles. The Morgan fingerprint density at radius 2 is 1.83 bits per heavy atom. The maximum atomic E-state index is 13.3. The van der Waals surface area contributed by atoms with E-state index in [1.165, 1.54) is 23.6 Å². The molecule has 0 unspecified atom stereocenters. The molecule has 1 aromatic carbocycles. The molecule has 1 amide bonds. The van der Waals surface area contributed by atoms with Crippen molar-refractivity contribution in [3.05, 3.63) is 58.0 Å². The first-order chi connectivity index (χ1) is 14.4. The van der Waals surface area contributed by atoms with Gasteiger partial charge in [0.1, 0.15) is 5.60 Å². The van der Waals surface area contributed by atoms with Crippen molar-refractivity contribution in [3.8, 4) is 0 Å². The number of piperidine rings is 1. The third kappa shape index (κ3) is 2.74. The van der Waals surface area contributed by atoms with E-state index in [1.807, 2.05) is 18.7 Å². The number of fused-ring (bicyclic) bond motifs is 4. The number of amides is 1. The lowest BCUT2D eigenvalue weighted by atomic mass is 9.83. The van der Waals surface area contributed by atoms with Crippen LogP contribution in [-0.4, -0.2) is 46.3 Å². The first-order valence-corrected chi connectivity index (χ1v) is 10.6. The Balaban J connectivity index is 1.42. The Hall–Kier alpha value is -2.86. The molecule has 0 radical (unpaired) electrons. The van der Waals surface area contributed by atoms with Crippen molar-refractivity contribution < 1.29 is 14.3 Å². The summed E-state index contributed by atoms with van der Waals surface area (Å²) in [6.07, 6.45) is 2.45. The maximum Gasteiger partial charge on any atom is 0.255 e. The summed E-state index contributed by atoms with van der Waals surface area (Å²) in [4.78, 5) is 33.7. The Morgan fingerprint density at radius 3 is 2.53 bits per heavy atom. The van der Waals surface area contributed by atoms with Gasteiger partial charge in [-0.05, 0) is 50.3 Å². The van der Waals surface area contributed by atoms with E-state index in [0.717, 1.165) is 36.0 Å². The van der Waals surface area contributed by atoms with E-state index in [-0.39, 0.29) is 17.3 Å². The van der Waals surface area contributed by atoms with E-state index in [4.69, 9.17) is 4.74 Å². The van der Waals surface area contributed by atoms with Crippen molar-refractivity contribution in [1.29, 1.82) is 0 Å². The van der Waals surface area contributed by atoms with Crippen molar-refractivity contribution in [2.75, 3.05) is 19.7 Å². The molecular weight excluding hydrogens is 378 g/mol. The molecular formula is C24H27N3O3. The first-order valence-electron chi connectivity index (χ1n) is 10.6. The fourth-order valence-electron chi connectivity index (χ4n) is 5.32. The van der Waals surface area contributed by atoms with Crippen molar-refractivity contribution >= 4 is 22.6 Å². The van der Waals surface area contributed by atoms with E-state index in [2.05, 4.69) is 34.2 Å². The molecule has 2 aliphatic heterocycles. The number of ketones is 1. The van der Waals surface area contributed by atoms with Gasteiger partial charge in [-0.1, -0.05) is 18.2 Å². The zero-order valence-electron chi connectivity index (χ0n) is 17.7. The van der Waals surface area contributed by atoms with E-state index in [0.29, 0.717) is 31.0 Å². The zero-order chi connectivity index (χ0) is 21.0. The van der Waals surface area contributed by atoms with Gasteiger partial charge < -0.3 is 19.6 Å². The number of aryl methyl sites for hydroxylation is 1. The van der Waals surface area contributed by atoms with Gasteiger partial charge in [-0.15, -0.1) is 0 Å². The van der Waals surface area contributed by atoms with Gasteiger partial charge >= 0.3 is 0 Å². The summed E-state index contributed by atoms with van der Waals surface area (Å²) in [5.41, 5.74) is 6.02. The highest BCUT2D eigenvalue weighted by Crippen LogP contribution is 2.43. The number of para-hydroxylation sites is 1. The smallest absolute Gasteiger partial charge is 0.255 e. The van der Waals surface area contributed by atoms with Crippen LogP contribution in [0.1, 0.15) is 63.1 Å². The lowest BCUT2D eigenvalue weighted by Crippen LogP contribution is -2.48. The average Bonchev–Trinajstić information content (AvgIpc) is 3.27. The number of likely N-dealkylation sites (tertiary alicyclic amines) is 1. The molecule has 0 aliphatic carbocycles. The number of aromatic amines is 2. The van der Waals surface area contributed by atoms with Gasteiger partial charge in [0.2, 0.25) is 0 Å².